The summed E-state index contributed by atoms with van der Waals surface area (Å²) < 4.78 is 12.7. The van der Waals surface area contributed by atoms with Gasteiger partial charge in [-0.05, 0) is 104 Å². The molecule has 1 aliphatic heterocycles. The minimum absolute atomic E-state index is 0.200. The Hall–Kier alpha value is -1.20. The number of ether oxygens (including phenoxy) is 2. The van der Waals surface area contributed by atoms with Crippen molar-refractivity contribution in [1.82, 2.24) is 9.80 Å². The Morgan fingerprint density at radius 2 is 0.959 bits per heavy atom. The molecule has 1 heterocycles. The minimum Gasteiger partial charge on any atom is -0.379 e. The van der Waals surface area contributed by atoms with Crippen molar-refractivity contribution in [2.24, 2.45) is 0 Å². The maximum atomic E-state index is 6.46. The zero-order chi connectivity index (χ0) is 35.1. The summed E-state index contributed by atoms with van der Waals surface area (Å²) in [7, 11) is 2.25. The van der Waals surface area contributed by atoms with E-state index in [0.717, 1.165) is 52.3 Å². The molecule has 1 aliphatic rings. The number of unbranched alkanes of at least 4 members (excludes halogenated alkanes) is 18. The van der Waals surface area contributed by atoms with Gasteiger partial charge in [-0.25, -0.2) is 0 Å². The van der Waals surface area contributed by atoms with Gasteiger partial charge in [-0.3, -0.25) is 4.90 Å². The molecule has 0 amide bonds. The predicted octanol–water partition coefficient (Wildman–Crippen LogP) is 12.7. The fraction of sp³-hybridized carbons (Fsp3) is 0.822. The van der Waals surface area contributed by atoms with E-state index >= 15 is 0 Å². The summed E-state index contributed by atoms with van der Waals surface area (Å²) >= 11 is 0. The molecule has 1 unspecified atom stereocenters. The van der Waals surface area contributed by atoms with Crippen LogP contribution in [0, 0.1) is 0 Å². The first-order valence-electron chi connectivity index (χ1n) is 21.5. The van der Waals surface area contributed by atoms with Crippen molar-refractivity contribution in [3.63, 3.8) is 0 Å². The first-order valence-corrected chi connectivity index (χ1v) is 21.5. The molecule has 1 atom stereocenters. The van der Waals surface area contributed by atoms with Gasteiger partial charge in [0.15, 0.2) is 0 Å². The largest absolute Gasteiger partial charge is 0.379 e. The summed E-state index contributed by atoms with van der Waals surface area (Å²) in [6, 6.07) is 0. The van der Waals surface area contributed by atoms with Gasteiger partial charge in [-0.2, -0.15) is 0 Å². The highest BCUT2D eigenvalue weighted by atomic mass is 16.5. The molecule has 0 aromatic carbocycles. The number of rotatable bonds is 35. The second-order valence-electron chi connectivity index (χ2n) is 14.7. The van der Waals surface area contributed by atoms with E-state index in [-0.39, 0.29) is 6.10 Å². The Morgan fingerprint density at radius 3 is 1.49 bits per heavy atom. The molecule has 1 rings (SSSR count). The molecule has 286 valence electrons. The third-order valence-corrected chi connectivity index (χ3v) is 9.77. The van der Waals surface area contributed by atoms with Gasteiger partial charge >= 0.3 is 0 Å². The molecule has 49 heavy (non-hydrogen) atoms. The zero-order valence-corrected chi connectivity index (χ0v) is 33.2. The topological polar surface area (TPSA) is 24.9 Å². The van der Waals surface area contributed by atoms with E-state index in [9.17, 15) is 0 Å². The van der Waals surface area contributed by atoms with Gasteiger partial charge in [-0.1, -0.05) is 140 Å². The molecule has 4 heteroatoms. The maximum absolute atomic E-state index is 6.46. The fourth-order valence-electron chi connectivity index (χ4n) is 6.47. The Labute approximate surface area is 307 Å². The first-order chi connectivity index (χ1) is 24.3. The molecular formula is C45H84N2O2. The van der Waals surface area contributed by atoms with Crippen molar-refractivity contribution >= 4 is 0 Å². The van der Waals surface area contributed by atoms with Gasteiger partial charge in [0.2, 0.25) is 0 Å². The van der Waals surface area contributed by atoms with E-state index in [4.69, 9.17) is 9.47 Å². The van der Waals surface area contributed by atoms with Crippen LogP contribution in [0.3, 0.4) is 0 Å². The fourth-order valence-corrected chi connectivity index (χ4v) is 6.47. The predicted molar refractivity (Wildman–Crippen MR) is 218 cm³/mol. The molecule has 0 saturated carbocycles. The quantitative estimate of drug-likeness (QED) is 0.0490. The van der Waals surface area contributed by atoms with Crippen LogP contribution in [-0.2, 0) is 9.47 Å². The molecular weight excluding hydrogens is 601 g/mol. The smallest absolute Gasteiger partial charge is 0.0934 e. The molecule has 4 nitrogen and oxygen atoms in total. The highest BCUT2D eigenvalue weighted by molar-refractivity contribution is 4.93. The molecule has 1 saturated heterocycles. The Bertz CT molecular complexity index is 776. The Balaban J connectivity index is 2.09. The van der Waals surface area contributed by atoms with Crippen molar-refractivity contribution in [3.05, 3.63) is 48.6 Å². The molecule has 0 aromatic rings. The van der Waals surface area contributed by atoms with Crippen LogP contribution in [0.4, 0.5) is 0 Å². The molecule has 0 spiro atoms. The van der Waals surface area contributed by atoms with Crippen LogP contribution in [0.15, 0.2) is 48.6 Å². The van der Waals surface area contributed by atoms with Gasteiger partial charge in [0.25, 0.3) is 0 Å². The van der Waals surface area contributed by atoms with E-state index < -0.39 is 0 Å². The lowest BCUT2D eigenvalue weighted by Crippen LogP contribution is -2.39. The third-order valence-electron chi connectivity index (χ3n) is 9.77. The van der Waals surface area contributed by atoms with Gasteiger partial charge in [0.05, 0.1) is 12.7 Å². The molecule has 0 N–H and O–H groups in total. The molecule has 0 aromatic heterocycles. The van der Waals surface area contributed by atoms with Crippen molar-refractivity contribution in [1.29, 1.82) is 0 Å². The van der Waals surface area contributed by atoms with E-state index in [1.807, 2.05) is 0 Å². The highest BCUT2D eigenvalue weighted by Gasteiger charge is 2.18. The van der Waals surface area contributed by atoms with Crippen LogP contribution in [0.2, 0.25) is 0 Å². The molecule has 0 aliphatic carbocycles. The monoisotopic (exact) mass is 685 g/mol. The van der Waals surface area contributed by atoms with Crippen LogP contribution < -0.4 is 0 Å². The average Bonchev–Trinajstić information content (AvgIpc) is 3.32. The van der Waals surface area contributed by atoms with Gasteiger partial charge in [0, 0.05) is 32.8 Å². The lowest BCUT2D eigenvalue weighted by atomic mass is 10.1. The van der Waals surface area contributed by atoms with Crippen molar-refractivity contribution in [2.45, 2.75) is 180 Å². The van der Waals surface area contributed by atoms with Crippen LogP contribution >= 0.6 is 0 Å². The van der Waals surface area contributed by atoms with Crippen molar-refractivity contribution in [2.75, 3.05) is 59.6 Å². The summed E-state index contributed by atoms with van der Waals surface area (Å²) in [5, 5.41) is 0. The number of nitrogens with zero attached hydrogens (tertiary/aromatic N) is 2. The molecule has 0 bridgehead atoms. The second-order valence-corrected chi connectivity index (χ2v) is 14.7. The maximum Gasteiger partial charge on any atom is 0.0934 e. The van der Waals surface area contributed by atoms with Crippen LogP contribution in [0.1, 0.15) is 174 Å². The highest BCUT2D eigenvalue weighted by Crippen LogP contribution is 2.12. The number of likely N-dealkylation sites (N-methyl/N-ethyl adjacent to an activating group) is 1. The van der Waals surface area contributed by atoms with Crippen molar-refractivity contribution in [3.8, 4) is 0 Å². The number of allylic oxidation sites excluding steroid dienone is 8. The van der Waals surface area contributed by atoms with Gasteiger partial charge < -0.3 is 14.4 Å². The van der Waals surface area contributed by atoms with E-state index in [2.05, 4.69) is 79.3 Å². The minimum atomic E-state index is 0.200. The standard InChI is InChI=1S/C45H84N2O2/c1-4-6-8-10-12-14-16-18-20-22-24-26-28-30-32-34-41-48-44-45(43-47-38-36-37-46(3)39-40-47)49-42-35-33-31-29-27-25-23-21-19-17-15-13-11-9-7-5-2/h12-15,18-21,45H,4-11,16-17,22-44H2,1-3H3. The lowest BCUT2D eigenvalue weighted by molar-refractivity contribution is -0.0338. The molecule has 0 radical (unpaired) electrons. The SMILES string of the molecule is CCCCCC=CCC=CCCCCCCCCOCC(CN1CCCN(C)CC1)OCCCCCCCCC=CCC=CCCCCC. The van der Waals surface area contributed by atoms with Crippen LogP contribution in [0.5, 0.6) is 0 Å². The Kier molecular flexibility index (Phi) is 35.6. The van der Waals surface area contributed by atoms with Crippen LogP contribution in [-0.4, -0.2) is 75.5 Å². The number of hydrogen-bond acceptors (Lipinski definition) is 4. The molecule has 1 fully saturated rings. The van der Waals surface area contributed by atoms with E-state index in [1.165, 1.54) is 161 Å². The van der Waals surface area contributed by atoms with Gasteiger partial charge in [-0.15, -0.1) is 0 Å². The average molecular weight is 685 g/mol. The van der Waals surface area contributed by atoms with E-state index in [0.29, 0.717) is 0 Å². The summed E-state index contributed by atoms with van der Waals surface area (Å²) in [5.41, 5.74) is 0. The third kappa shape index (κ3) is 33.7. The Morgan fingerprint density at radius 1 is 0.490 bits per heavy atom. The van der Waals surface area contributed by atoms with E-state index in [1.54, 1.807) is 0 Å². The second kappa shape index (κ2) is 38.0. The number of hydrogen-bond donors (Lipinski definition) is 0. The lowest BCUT2D eigenvalue weighted by Gasteiger charge is -2.26. The first kappa shape index (κ1) is 45.8. The summed E-state index contributed by atoms with van der Waals surface area (Å²) in [6.45, 7) is 12.7. The van der Waals surface area contributed by atoms with Crippen molar-refractivity contribution < 1.29 is 9.47 Å². The van der Waals surface area contributed by atoms with Crippen LogP contribution in [0.25, 0.3) is 0 Å². The summed E-state index contributed by atoms with van der Waals surface area (Å²) in [5.74, 6) is 0. The van der Waals surface area contributed by atoms with Gasteiger partial charge in [0.1, 0.15) is 0 Å². The summed E-state index contributed by atoms with van der Waals surface area (Å²) in [6.07, 6.45) is 51.1. The zero-order valence-electron chi connectivity index (χ0n) is 33.2. The summed E-state index contributed by atoms with van der Waals surface area (Å²) in [4.78, 5) is 5.07. The normalized spacial score (nSPS) is 15.9.